The first-order valence-electron chi connectivity index (χ1n) is 5.82. The van der Waals surface area contributed by atoms with Crippen LogP contribution in [0.1, 0.15) is 18.9 Å². The molecule has 0 aliphatic carbocycles. The molecule has 96 valence electrons. The van der Waals surface area contributed by atoms with E-state index in [4.69, 9.17) is 4.74 Å². The molecule has 0 saturated heterocycles. The van der Waals surface area contributed by atoms with E-state index >= 15 is 0 Å². The molecule has 1 aromatic rings. The van der Waals surface area contributed by atoms with Crippen LogP contribution >= 0.6 is 0 Å². The third-order valence-corrected chi connectivity index (χ3v) is 2.25. The van der Waals surface area contributed by atoms with E-state index in [1.54, 1.807) is 12.1 Å². The number of benzene rings is 1. The van der Waals surface area contributed by atoms with Crippen molar-refractivity contribution in [1.82, 2.24) is 0 Å². The molecule has 0 fully saturated rings. The predicted molar refractivity (Wildman–Crippen MR) is 70.2 cm³/mol. The molecule has 0 aliphatic rings. The number of hydrogen-bond acceptors (Lipinski definition) is 3. The average molecular weight is 247 g/mol. The summed E-state index contributed by atoms with van der Waals surface area (Å²) in [4.78, 5) is 22.7. The van der Waals surface area contributed by atoms with E-state index in [9.17, 15) is 9.59 Å². The number of ether oxygens (including phenoxy) is 1. The van der Waals surface area contributed by atoms with E-state index in [1.807, 2.05) is 32.0 Å². The Morgan fingerprint density at radius 2 is 2.06 bits per heavy atom. The standard InChI is InChI=1S/C14H17NO3/c1-3-4-9-14(17)18-10-13(16)15-12-8-6-5-7-11(12)2/h4-9H,3,10H2,1-2H3,(H,15,16)/b9-4+. The van der Waals surface area contributed by atoms with Gasteiger partial charge in [-0.1, -0.05) is 31.2 Å². The number of amides is 1. The summed E-state index contributed by atoms with van der Waals surface area (Å²) in [6.45, 7) is 3.53. The van der Waals surface area contributed by atoms with Gasteiger partial charge in [-0.05, 0) is 25.0 Å². The summed E-state index contributed by atoms with van der Waals surface area (Å²) >= 11 is 0. The van der Waals surface area contributed by atoms with Gasteiger partial charge in [-0.15, -0.1) is 0 Å². The summed E-state index contributed by atoms with van der Waals surface area (Å²) in [6.07, 6.45) is 3.76. The second-order valence-electron chi connectivity index (χ2n) is 3.78. The van der Waals surface area contributed by atoms with Gasteiger partial charge in [0.05, 0.1) is 0 Å². The Morgan fingerprint density at radius 1 is 1.33 bits per heavy atom. The lowest BCUT2D eigenvalue weighted by atomic mass is 10.2. The minimum absolute atomic E-state index is 0.277. The van der Waals surface area contributed by atoms with Crippen LogP contribution in [-0.4, -0.2) is 18.5 Å². The van der Waals surface area contributed by atoms with E-state index < -0.39 is 5.97 Å². The Balaban J connectivity index is 2.41. The Bertz CT molecular complexity index is 452. The Kier molecular flexibility index (Phi) is 5.64. The molecule has 0 spiro atoms. The van der Waals surface area contributed by atoms with Crippen LogP contribution in [-0.2, 0) is 14.3 Å². The van der Waals surface area contributed by atoms with Crippen molar-refractivity contribution in [1.29, 1.82) is 0 Å². The first-order valence-corrected chi connectivity index (χ1v) is 5.82. The van der Waals surface area contributed by atoms with Crippen molar-refractivity contribution in [2.45, 2.75) is 20.3 Å². The van der Waals surface area contributed by atoms with Gasteiger partial charge in [-0.2, -0.15) is 0 Å². The van der Waals surface area contributed by atoms with E-state index in [2.05, 4.69) is 5.32 Å². The van der Waals surface area contributed by atoms with Gasteiger partial charge in [0.15, 0.2) is 6.61 Å². The van der Waals surface area contributed by atoms with Crippen LogP contribution in [0.3, 0.4) is 0 Å². The molecule has 1 amide bonds. The van der Waals surface area contributed by atoms with Crippen LogP contribution in [0.15, 0.2) is 36.4 Å². The van der Waals surface area contributed by atoms with Gasteiger partial charge in [0.1, 0.15) is 0 Å². The molecule has 0 unspecified atom stereocenters. The van der Waals surface area contributed by atoms with Crippen LogP contribution in [0, 0.1) is 6.92 Å². The number of hydrogen-bond donors (Lipinski definition) is 1. The van der Waals surface area contributed by atoms with Crippen molar-refractivity contribution in [2.24, 2.45) is 0 Å². The molecule has 4 nitrogen and oxygen atoms in total. The molecule has 0 saturated carbocycles. The van der Waals surface area contributed by atoms with Gasteiger partial charge >= 0.3 is 5.97 Å². The van der Waals surface area contributed by atoms with E-state index in [0.29, 0.717) is 0 Å². The largest absolute Gasteiger partial charge is 0.452 e. The number of esters is 1. The topological polar surface area (TPSA) is 55.4 Å². The molecule has 0 aromatic heterocycles. The predicted octanol–water partition coefficient (Wildman–Crippen LogP) is 2.44. The van der Waals surface area contributed by atoms with Crippen molar-refractivity contribution >= 4 is 17.6 Å². The summed E-state index contributed by atoms with van der Waals surface area (Å²) in [5, 5.41) is 2.68. The van der Waals surface area contributed by atoms with Gasteiger partial charge < -0.3 is 10.1 Å². The first kappa shape index (κ1) is 14.0. The molecule has 0 aliphatic heterocycles. The van der Waals surface area contributed by atoms with Crippen LogP contribution in [0.4, 0.5) is 5.69 Å². The minimum atomic E-state index is -0.503. The quantitative estimate of drug-likeness (QED) is 0.642. The summed E-state index contributed by atoms with van der Waals surface area (Å²) in [5.74, 6) is -0.848. The number of anilines is 1. The van der Waals surface area contributed by atoms with Crippen molar-refractivity contribution in [3.8, 4) is 0 Å². The zero-order valence-corrected chi connectivity index (χ0v) is 10.6. The van der Waals surface area contributed by atoms with Crippen molar-refractivity contribution in [3.05, 3.63) is 42.0 Å². The van der Waals surface area contributed by atoms with Crippen molar-refractivity contribution in [2.75, 3.05) is 11.9 Å². The van der Waals surface area contributed by atoms with Gasteiger partial charge in [-0.25, -0.2) is 4.79 Å². The molecule has 0 atom stereocenters. The van der Waals surface area contributed by atoms with E-state index in [0.717, 1.165) is 17.7 Å². The van der Waals surface area contributed by atoms with Gasteiger partial charge in [0, 0.05) is 11.8 Å². The Hall–Kier alpha value is -2.10. The second kappa shape index (κ2) is 7.27. The highest BCUT2D eigenvalue weighted by molar-refractivity contribution is 5.94. The molecule has 0 radical (unpaired) electrons. The Labute approximate surface area is 107 Å². The molecule has 0 bridgehead atoms. The highest BCUT2D eigenvalue weighted by Gasteiger charge is 2.06. The highest BCUT2D eigenvalue weighted by atomic mass is 16.5. The molecule has 4 heteroatoms. The fourth-order valence-corrected chi connectivity index (χ4v) is 1.30. The zero-order valence-electron chi connectivity index (χ0n) is 10.6. The third kappa shape index (κ3) is 4.82. The average Bonchev–Trinajstić information content (AvgIpc) is 2.36. The minimum Gasteiger partial charge on any atom is -0.452 e. The first-order chi connectivity index (χ1) is 8.63. The monoisotopic (exact) mass is 247 g/mol. The van der Waals surface area contributed by atoms with Crippen molar-refractivity contribution < 1.29 is 14.3 Å². The van der Waals surface area contributed by atoms with E-state index in [1.165, 1.54) is 6.08 Å². The number of aryl methyl sites for hydroxylation is 1. The van der Waals surface area contributed by atoms with Crippen LogP contribution in [0.2, 0.25) is 0 Å². The fraction of sp³-hybridized carbons (Fsp3) is 0.286. The number of para-hydroxylation sites is 1. The lowest BCUT2D eigenvalue weighted by Crippen LogP contribution is -2.20. The number of nitrogens with one attached hydrogen (secondary N) is 1. The van der Waals surface area contributed by atoms with Crippen molar-refractivity contribution in [3.63, 3.8) is 0 Å². The summed E-state index contributed by atoms with van der Waals surface area (Å²) in [5.41, 5.74) is 1.69. The molecular weight excluding hydrogens is 230 g/mol. The highest BCUT2D eigenvalue weighted by Crippen LogP contribution is 2.12. The van der Waals surface area contributed by atoms with Crippen LogP contribution < -0.4 is 5.32 Å². The fourth-order valence-electron chi connectivity index (χ4n) is 1.30. The summed E-state index contributed by atoms with van der Waals surface area (Å²) in [7, 11) is 0. The maximum Gasteiger partial charge on any atom is 0.330 e. The zero-order chi connectivity index (χ0) is 13.4. The molecular formula is C14H17NO3. The number of rotatable bonds is 5. The lowest BCUT2D eigenvalue weighted by Gasteiger charge is -2.07. The number of carbonyl (C=O) groups is 2. The second-order valence-corrected chi connectivity index (χ2v) is 3.78. The smallest absolute Gasteiger partial charge is 0.330 e. The Morgan fingerprint density at radius 3 is 2.72 bits per heavy atom. The maximum atomic E-state index is 11.5. The summed E-state index contributed by atoms with van der Waals surface area (Å²) < 4.78 is 4.78. The number of allylic oxidation sites excluding steroid dienone is 1. The lowest BCUT2D eigenvalue weighted by molar-refractivity contribution is -0.142. The van der Waals surface area contributed by atoms with Gasteiger partial charge in [0.25, 0.3) is 5.91 Å². The third-order valence-electron chi connectivity index (χ3n) is 2.25. The molecule has 1 rings (SSSR count). The maximum absolute atomic E-state index is 11.5. The van der Waals surface area contributed by atoms with Crippen LogP contribution in [0.5, 0.6) is 0 Å². The molecule has 0 heterocycles. The van der Waals surface area contributed by atoms with Crippen LogP contribution in [0.25, 0.3) is 0 Å². The van der Waals surface area contributed by atoms with E-state index in [-0.39, 0.29) is 12.5 Å². The molecule has 18 heavy (non-hydrogen) atoms. The molecule has 1 N–H and O–H groups in total. The van der Waals surface area contributed by atoms with Gasteiger partial charge in [-0.3, -0.25) is 4.79 Å². The number of carbonyl (C=O) groups excluding carboxylic acids is 2. The van der Waals surface area contributed by atoms with Gasteiger partial charge in [0.2, 0.25) is 0 Å². The molecule has 1 aromatic carbocycles. The normalized spacial score (nSPS) is 10.3. The SMILES string of the molecule is CC/C=C/C(=O)OCC(=O)Nc1ccccc1C. The summed E-state index contributed by atoms with van der Waals surface area (Å²) in [6, 6.07) is 7.41.